The van der Waals surface area contributed by atoms with Gasteiger partial charge in [0.25, 0.3) is 0 Å². The van der Waals surface area contributed by atoms with E-state index in [1.807, 2.05) is 30.3 Å². The lowest BCUT2D eigenvalue weighted by atomic mass is 9.99. The fourth-order valence-electron chi connectivity index (χ4n) is 2.87. The van der Waals surface area contributed by atoms with Crippen molar-refractivity contribution in [2.45, 2.75) is 25.1 Å². The Morgan fingerprint density at radius 1 is 1.21 bits per heavy atom. The van der Waals surface area contributed by atoms with Crippen LogP contribution < -0.4 is 10.6 Å². The van der Waals surface area contributed by atoms with Crippen molar-refractivity contribution in [1.29, 1.82) is 0 Å². The van der Waals surface area contributed by atoms with E-state index in [1.54, 1.807) is 12.1 Å². The van der Waals surface area contributed by atoms with E-state index in [4.69, 9.17) is 23.2 Å². The van der Waals surface area contributed by atoms with Crippen LogP contribution in [0.25, 0.3) is 11.1 Å². The van der Waals surface area contributed by atoms with Crippen molar-refractivity contribution in [2.75, 3.05) is 6.54 Å². The molecule has 0 unspecified atom stereocenters. The van der Waals surface area contributed by atoms with Crippen molar-refractivity contribution >= 4 is 29.1 Å². The first-order valence-corrected chi connectivity index (χ1v) is 8.52. The van der Waals surface area contributed by atoms with E-state index >= 15 is 0 Å². The average Bonchev–Trinajstić information content (AvgIpc) is 3.00. The number of amides is 1. The number of β-amino-alcohol motifs (C(OH)–C–C–N with tert-alkyl or cyclic N) is 1. The lowest BCUT2D eigenvalue weighted by Crippen LogP contribution is -2.40. The second-order valence-corrected chi connectivity index (χ2v) is 6.69. The maximum Gasteiger partial charge on any atom is 0.237 e. The normalized spacial score (nSPS) is 20.1. The van der Waals surface area contributed by atoms with Crippen molar-refractivity contribution in [3.05, 3.63) is 58.1 Å². The van der Waals surface area contributed by atoms with Gasteiger partial charge in [0.2, 0.25) is 5.91 Å². The molecule has 1 fully saturated rings. The third-order valence-corrected chi connectivity index (χ3v) is 4.66. The lowest BCUT2D eigenvalue weighted by Gasteiger charge is -2.14. The first-order chi connectivity index (χ1) is 11.5. The molecule has 0 saturated carbocycles. The van der Waals surface area contributed by atoms with E-state index < -0.39 is 6.10 Å². The quantitative estimate of drug-likeness (QED) is 0.781. The highest BCUT2D eigenvalue weighted by Crippen LogP contribution is 2.32. The fraction of sp³-hybridized carbons (Fsp3) is 0.278. The van der Waals surface area contributed by atoms with Gasteiger partial charge < -0.3 is 15.7 Å². The molecule has 1 aliphatic rings. The van der Waals surface area contributed by atoms with Crippen LogP contribution in [0.2, 0.25) is 10.0 Å². The molecule has 2 atom stereocenters. The van der Waals surface area contributed by atoms with Crippen molar-refractivity contribution in [1.82, 2.24) is 10.6 Å². The molecule has 24 heavy (non-hydrogen) atoms. The van der Waals surface area contributed by atoms with Gasteiger partial charge in [0.1, 0.15) is 0 Å². The maximum atomic E-state index is 12.2. The number of rotatable bonds is 4. The molecule has 0 aliphatic carbocycles. The van der Waals surface area contributed by atoms with Crippen LogP contribution in [0.1, 0.15) is 12.0 Å². The first kappa shape index (κ1) is 17.2. The smallest absolute Gasteiger partial charge is 0.237 e. The van der Waals surface area contributed by atoms with Gasteiger partial charge in [0.05, 0.1) is 12.1 Å². The fourth-order valence-corrected chi connectivity index (χ4v) is 3.38. The van der Waals surface area contributed by atoms with Gasteiger partial charge in [0.15, 0.2) is 0 Å². The molecule has 4 nitrogen and oxygen atoms in total. The summed E-state index contributed by atoms with van der Waals surface area (Å²) in [5.41, 5.74) is 2.80. The SMILES string of the molecule is O=C(NCc1ccccc1-c1ccc(Cl)cc1Cl)[C@H]1C[C@H](O)CN1. The number of hydrogen-bond donors (Lipinski definition) is 3. The Labute approximate surface area is 150 Å². The second-order valence-electron chi connectivity index (χ2n) is 5.85. The molecule has 3 N–H and O–H groups in total. The minimum absolute atomic E-state index is 0.108. The molecular formula is C18H18Cl2N2O2. The summed E-state index contributed by atoms with van der Waals surface area (Å²) in [4.78, 5) is 12.2. The number of benzene rings is 2. The molecule has 1 aliphatic heterocycles. The molecule has 2 aromatic carbocycles. The molecule has 0 spiro atoms. The largest absolute Gasteiger partial charge is 0.392 e. The van der Waals surface area contributed by atoms with Gasteiger partial charge in [-0.2, -0.15) is 0 Å². The van der Waals surface area contributed by atoms with Crippen LogP contribution in [0.3, 0.4) is 0 Å². The van der Waals surface area contributed by atoms with Gasteiger partial charge in [-0.1, -0.05) is 53.5 Å². The Morgan fingerprint density at radius 2 is 2.00 bits per heavy atom. The summed E-state index contributed by atoms with van der Waals surface area (Å²) >= 11 is 12.3. The van der Waals surface area contributed by atoms with Gasteiger partial charge >= 0.3 is 0 Å². The van der Waals surface area contributed by atoms with E-state index in [2.05, 4.69) is 10.6 Å². The molecule has 6 heteroatoms. The summed E-state index contributed by atoms with van der Waals surface area (Å²) < 4.78 is 0. The zero-order chi connectivity index (χ0) is 17.1. The minimum atomic E-state index is -0.457. The molecular weight excluding hydrogens is 347 g/mol. The van der Waals surface area contributed by atoms with Gasteiger partial charge in [-0.15, -0.1) is 0 Å². The third kappa shape index (κ3) is 3.90. The van der Waals surface area contributed by atoms with E-state index in [0.29, 0.717) is 29.6 Å². The predicted molar refractivity (Wildman–Crippen MR) is 96.2 cm³/mol. The number of hydrogen-bond acceptors (Lipinski definition) is 3. The zero-order valence-electron chi connectivity index (χ0n) is 12.9. The summed E-state index contributed by atoms with van der Waals surface area (Å²) in [7, 11) is 0. The van der Waals surface area contributed by atoms with Crippen LogP contribution in [-0.2, 0) is 11.3 Å². The number of halogens is 2. The first-order valence-electron chi connectivity index (χ1n) is 7.77. The van der Waals surface area contributed by atoms with Crippen LogP contribution in [0.4, 0.5) is 0 Å². The Kier molecular flexibility index (Phi) is 5.41. The summed E-state index contributed by atoms with van der Waals surface area (Å²) in [5, 5.41) is 16.6. The van der Waals surface area contributed by atoms with Crippen molar-refractivity contribution < 1.29 is 9.90 Å². The molecule has 1 amide bonds. The number of aliphatic hydroxyl groups is 1. The Bertz CT molecular complexity index is 752. The summed E-state index contributed by atoms with van der Waals surface area (Å²) in [6, 6.07) is 12.8. The maximum absolute atomic E-state index is 12.2. The highest BCUT2D eigenvalue weighted by atomic mass is 35.5. The van der Waals surface area contributed by atoms with Gasteiger partial charge in [0, 0.05) is 28.7 Å². The summed E-state index contributed by atoms with van der Waals surface area (Å²) in [6.07, 6.45) is -0.0165. The molecule has 0 bridgehead atoms. The van der Waals surface area contributed by atoms with Gasteiger partial charge in [-0.25, -0.2) is 0 Å². The van der Waals surface area contributed by atoms with Crippen LogP contribution in [0.5, 0.6) is 0 Å². The van der Waals surface area contributed by atoms with Crippen LogP contribution in [-0.4, -0.2) is 29.7 Å². The minimum Gasteiger partial charge on any atom is -0.392 e. The standard InChI is InChI=1S/C18H18Cl2N2O2/c19-12-5-6-15(16(20)7-12)14-4-2-1-3-11(14)9-22-18(24)17-8-13(23)10-21-17/h1-7,13,17,21,23H,8-10H2,(H,22,24)/t13-,17+/m0/s1. The highest BCUT2D eigenvalue weighted by Gasteiger charge is 2.27. The van der Waals surface area contributed by atoms with Crippen molar-refractivity contribution in [3.8, 4) is 11.1 Å². The third-order valence-electron chi connectivity index (χ3n) is 4.12. The average molecular weight is 365 g/mol. The van der Waals surface area contributed by atoms with Gasteiger partial charge in [-0.3, -0.25) is 4.79 Å². The number of carbonyl (C=O) groups excluding carboxylic acids is 1. The topological polar surface area (TPSA) is 61.4 Å². The predicted octanol–water partition coefficient (Wildman–Crippen LogP) is 3.00. The van der Waals surface area contributed by atoms with E-state index in [0.717, 1.165) is 16.7 Å². The molecule has 2 aromatic rings. The molecule has 126 valence electrons. The van der Waals surface area contributed by atoms with Crippen molar-refractivity contribution in [3.63, 3.8) is 0 Å². The lowest BCUT2D eigenvalue weighted by molar-refractivity contribution is -0.123. The Balaban J connectivity index is 1.76. The second kappa shape index (κ2) is 7.53. The molecule has 0 radical (unpaired) electrons. The van der Waals surface area contributed by atoms with Crippen LogP contribution >= 0.6 is 23.2 Å². The van der Waals surface area contributed by atoms with Crippen LogP contribution in [0.15, 0.2) is 42.5 Å². The monoisotopic (exact) mass is 364 g/mol. The van der Waals surface area contributed by atoms with E-state index in [1.165, 1.54) is 0 Å². The Hall–Kier alpha value is -1.59. The van der Waals surface area contributed by atoms with Gasteiger partial charge in [-0.05, 0) is 29.7 Å². The summed E-state index contributed by atoms with van der Waals surface area (Å²) in [6.45, 7) is 0.845. The summed E-state index contributed by atoms with van der Waals surface area (Å²) in [5.74, 6) is -0.108. The van der Waals surface area contributed by atoms with Crippen molar-refractivity contribution in [2.24, 2.45) is 0 Å². The number of carbonyl (C=O) groups is 1. The highest BCUT2D eigenvalue weighted by molar-refractivity contribution is 6.36. The molecule has 1 heterocycles. The van der Waals surface area contributed by atoms with E-state index in [9.17, 15) is 9.90 Å². The molecule has 3 rings (SSSR count). The molecule has 0 aromatic heterocycles. The zero-order valence-corrected chi connectivity index (χ0v) is 14.4. The van der Waals surface area contributed by atoms with E-state index in [-0.39, 0.29) is 11.9 Å². The van der Waals surface area contributed by atoms with Crippen LogP contribution in [0, 0.1) is 0 Å². The number of nitrogens with one attached hydrogen (secondary N) is 2. The Morgan fingerprint density at radius 3 is 2.71 bits per heavy atom. The number of aliphatic hydroxyl groups excluding tert-OH is 1. The molecule has 1 saturated heterocycles.